The number of hydrogen-bond donors (Lipinski definition) is 1. The lowest BCUT2D eigenvalue weighted by Crippen LogP contribution is -1.99. The van der Waals surface area contributed by atoms with Crippen LogP contribution in [0.15, 0.2) is 45.5 Å². The number of para-hydroxylation sites is 1. The number of anilines is 1. The van der Waals surface area contributed by atoms with Crippen molar-refractivity contribution < 1.29 is 4.52 Å². The lowest BCUT2D eigenvalue weighted by molar-refractivity contribution is 0.384. The Hall–Kier alpha value is -1.88. The van der Waals surface area contributed by atoms with Gasteiger partial charge < -0.3 is 9.84 Å². The van der Waals surface area contributed by atoms with Crippen LogP contribution in [0.3, 0.4) is 0 Å². The average Bonchev–Trinajstić information content (AvgIpc) is 2.83. The SMILES string of the molecule is Cc1cc(CNc2ccnc3c(Br)cccc23)on1. The zero-order chi connectivity index (χ0) is 13.2. The number of hydrogen-bond acceptors (Lipinski definition) is 4. The van der Waals surface area contributed by atoms with Gasteiger partial charge in [0.2, 0.25) is 0 Å². The number of pyridine rings is 1. The fourth-order valence-electron chi connectivity index (χ4n) is 1.98. The van der Waals surface area contributed by atoms with E-state index in [1.807, 2.05) is 37.3 Å². The highest BCUT2D eigenvalue weighted by molar-refractivity contribution is 9.10. The molecule has 0 atom stereocenters. The van der Waals surface area contributed by atoms with E-state index in [-0.39, 0.29) is 0 Å². The number of benzene rings is 1. The molecule has 1 N–H and O–H groups in total. The molecular weight excluding hydrogens is 306 g/mol. The number of nitrogens with one attached hydrogen (secondary N) is 1. The molecule has 5 heteroatoms. The predicted molar refractivity (Wildman–Crippen MR) is 78.0 cm³/mol. The Morgan fingerprint density at radius 2 is 2.21 bits per heavy atom. The third-order valence-corrected chi connectivity index (χ3v) is 3.49. The number of aryl methyl sites for hydroxylation is 1. The van der Waals surface area contributed by atoms with Crippen molar-refractivity contribution in [2.45, 2.75) is 13.5 Å². The minimum absolute atomic E-state index is 0.604. The van der Waals surface area contributed by atoms with Crippen LogP contribution in [0.4, 0.5) is 5.69 Å². The van der Waals surface area contributed by atoms with Crippen LogP contribution in [0.25, 0.3) is 10.9 Å². The summed E-state index contributed by atoms with van der Waals surface area (Å²) in [4.78, 5) is 4.38. The Morgan fingerprint density at radius 1 is 1.32 bits per heavy atom. The van der Waals surface area contributed by atoms with E-state index in [4.69, 9.17) is 4.52 Å². The van der Waals surface area contributed by atoms with Crippen molar-refractivity contribution in [2.24, 2.45) is 0 Å². The average molecular weight is 318 g/mol. The maximum absolute atomic E-state index is 5.18. The molecule has 0 saturated carbocycles. The Balaban J connectivity index is 1.91. The van der Waals surface area contributed by atoms with E-state index >= 15 is 0 Å². The molecule has 4 nitrogen and oxygen atoms in total. The largest absolute Gasteiger partial charge is 0.377 e. The molecule has 0 aliphatic carbocycles. The molecule has 0 spiro atoms. The Labute approximate surface area is 119 Å². The molecule has 2 aromatic heterocycles. The number of nitrogens with zero attached hydrogens (tertiary/aromatic N) is 2. The van der Waals surface area contributed by atoms with E-state index in [2.05, 4.69) is 31.4 Å². The summed E-state index contributed by atoms with van der Waals surface area (Å²) in [6.07, 6.45) is 1.79. The van der Waals surface area contributed by atoms with Crippen LogP contribution in [-0.4, -0.2) is 10.1 Å². The van der Waals surface area contributed by atoms with E-state index in [1.54, 1.807) is 6.20 Å². The van der Waals surface area contributed by atoms with Gasteiger partial charge in [-0.25, -0.2) is 0 Å². The highest BCUT2D eigenvalue weighted by Gasteiger charge is 2.06. The summed E-state index contributed by atoms with van der Waals surface area (Å²) in [5, 5.41) is 8.30. The van der Waals surface area contributed by atoms with E-state index < -0.39 is 0 Å². The van der Waals surface area contributed by atoms with Crippen LogP contribution < -0.4 is 5.32 Å². The Kier molecular flexibility index (Phi) is 3.21. The van der Waals surface area contributed by atoms with Crippen LogP contribution in [0, 0.1) is 6.92 Å². The molecule has 0 aliphatic rings. The molecule has 19 heavy (non-hydrogen) atoms. The first-order valence-electron chi connectivity index (χ1n) is 5.93. The quantitative estimate of drug-likeness (QED) is 0.795. The molecule has 0 bridgehead atoms. The van der Waals surface area contributed by atoms with Gasteiger partial charge in [0, 0.05) is 27.8 Å². The molecule has 0 saturated heterocycles. The van der Waals surface area contributed by atoms with Gasteiger partial charge in [-0.05, 0) is 35.0 Å². The van der Waals surface area contributed by atoms with Crippen molar-refractivity contribution in [3.05, 3.63) is 52.5 Å². The van der Waals surface area contributed by atoms with Crippen molar-refractivity contribution >= 4 is 32.5 Å². The van der Waals surface area contributed by atoms with Crippen molar-refractivity contribution in [1.82, 2.24) is 10.1 Å². The monoisotopic (exact) mass is 317 g/mol. The molecule has 3 rings (SSSR count). The molecule has 0 fully saturated rings. The van der Waals surface area contributed by atoms with Gasteiger partial charge in [-0.2, -0.15) is 0 Å². The summed E-state index contributed by atoms with van der Waals surface area (Å²) >= 11 is 3.51. The second-order valence-corrected chi connectivity index (χ2v) is 5.14. The van der Waals surface area contributed by atoms with Crippen molar-refractivity contribution in [3.63, 3.8) is 0 Å². The first-order valence-corrected chi connectivity index (χ1v) is 6.72. The summed E-state index contributed by atoms with van der Waals surface area (Å²) in [5.74, 6) is 0.817. The van der Waals surface area contributed by atoms with Gasteiger partial charge in [0.05, 0.1) is 17.8 Å². The number of rotatable bonds is 3. The Bertz CT molecular complexity index is 724. The van der Waals surface area contributed by atoms with E-state index in [0.717, 1.165) is 32.5 Å². The molecule has 0 unspecified atom stereocenters. The highest BCUT2D eigenvalue weighted by Crippen LogP contribution is 2.27. The van der Waals surface area contributed by atoms with Crippen molar-refractivity contribution in [3.8, 4) is 0 Å². The summed E-state index contributed by atoms with van der Waals surface area (Å²) in [7, 11) is 0. The molecule has 0 radical (unpaired) electrons. The van der Waals surface area contributed by atoms with Gasteiger partial charge in [0.15, 0.2) is 5.76 Å². The van der Waals surface area contributed by atoms with E-state index in [9.17, 15) is 0 Å². The minimum atomic E-state index is 0.604. The zero-order valence-corrected chi connectivity index (χ0v) is 11.9. The molecule has 96 valence electrons. The molecule has 3 aromatic rings. The number of aromatic nitrogens is 2. The summed E-state index contributed by atoms with van der Waals surface area (Å²) in [5.41, 5.74) is 2.86. The zero-order valence-electron chi connectivity index (χ0n) is 10.4. The number of halogens is 1. The van der Waals surface area contributed by atoms with Crippen LogP contribution in [-0.2, 0) is 6.54 Å². The van der Waals surface area contributed by atoms with Crippen LogP contribution in [0.1, 0.15) is 11.5 Å². The van der Waals surface area contributed by atoms with Gasteiger partial charge in [-0.15, -0.1) is 0 Å². The van der Waals surface area contributed by atoms with Gasteiger partial charge in [-0.3, -0.25) is 4.98 Å². The molecule has 0 amide bonds. The van der Waals surface area contributed by atoms with Gasteiger partial charge >= 0.3 is 0 Å². The van der Waals surface area contributed by atoms with E-state index in [1.165, 1.54) is 0 Å². The second-order valence-electron chi connectivity index (χ2n) is 4.28. The minimum Gasteiger partial charge on any atom is -0.377 e. The maximum atomic E-state index is 5.18. The Morgan fingerprint density at radius 3 is 3.00 bits per heavy atom. The third kappa shape index (κ3) is 2.46. The first-order chi connectivity index (χ1) is 9.24. The second kappa shape index (κ2) is 5.01. The fourth-order valence-corrected chi connectivity index (χ4v) is 2.44. The molecular formula is C14H12BrN3O. The van der Waals surface area contributed by atoms with Crippen LogP contribution in [0.2, 0.25) is 0 Å². The number of fused-ring (bicyclic) bond motifs is 1. The lowest BCUT2D eigenvalue weighted by atomic mass is 10.2. The summed E-state index contributed by atoms with van der Waals surface area (Å²) in [6, 6.07) is 9.90. The van der Waals surface area contributed by atoms with Gasteiger partial charge in [0.25, 0.3) is 0 Å². The smallest absolute Gasteiger partial charge is 0.156 e. The predicted octanol–water partition coefficient (Wildman–Crippen LogP) is 3.91. The van der Waals surface area contributed by atoms with Crippen molar-refractivity contribution in [2.75, 3.05) is 5.32 Å². The van der Waals surface area contributed by atoms with Crippen molar-refractivity contribution in [1.29, 1.82) is 0 Å². The molecule has 2 heterocycles. The van der Waals surface area contributed by atoms with E-state index in [0.29, 0.717) is 6.54 Å². The molecule has 1 aromatic carbocycles. The molecule has 0 aliphatic heterocycles. The third-order valence-electron chi connectivity index (χ3n) is 2.85. The van der Waals surface area contributed by atoms with Crippen LogP contribution >= 0.6 is 15.9 Å². The summed E-state index contributed by atoms with van der Waals surface area (Å²) in [6.45, 7) is 2.51. The topological polar surface area (TPSA) is 51.0 Å². The normalized spacial score (nSPS) is 10.8. The fraction of sp³-hybridized carbons (Fsp3) is 0.143. The summed E-state index contributed by atoms with van der Waals surface area (Å²) < 4.78 is 6.17. The first kappa shape index (κ1) is 12.2. The standard InChI is InChI=1S/C14H12BrN3O/c1-9-7-10(19-18-9)8-17-13-5-6-16-14-11(13)3-2-4-12(14)15/h2-7H,8H2,1H3,(H,16,17). The van der Waals surface area contributed by atoms with Gasteiger partial charge in [0.1, 0.15) is 0 Å². The lowest BCUT2D eigenvalue weighted by Gasteiger charge is -2.08. The van der Waals surface area contributed by atoms with Crippen LogP contribution in [0.5, 0.6) is 0 Å². The highest BCUT2D eigenvalue weighted by atomic mass is 79.9. The maximum Gasteiger partial charge on any atom is 0.156 e. The van der Waals surface area contributed by atoms with Gasteiger partial charge in [-0.1, -0.05) is 17.3 Å².